The number of carbonyl (C=O) groups excluding carboxylic acids is 2. The van der Waals surface area contributed by atoms with E-state index in [1.54, 1.807) is 23.2 Å². The fraction of sp³-hybridized carbons (Fsp3) is 0.167. The Morgan fingerprint density at radius 1 is 0.806 bits per heavy atom. The topological polar surface area (TPSA) is 62.3 Å². The Labute approximate surface area is 216 Å². The molecule has 4 aromatic rings. The van der Waals surface area contributed by atoms with E-state index in [2.05, 4.69) is 10.3 Å². The number of carbonyl (C=O) groups is 2. The summed E-state index contributed by atoms with van der Waals surface area (Å²) >= 11 is 6.09. The first-order valence-corrected chi connectivity index (χ1v) is 12.3. The number of rotatable bonds is 10. The molecule has 0 saturated heterocycles. The lowest BCUT2D eigenvalue weighted by Gasteiger charge is -2.32. The number of benzene rings is 3. The summed E-state index contributed by atoms with van der Waals surface area (Å²) in [7, 11) is 0. The molecule has 0 radical (unpaired) electrons. The van der Waals surface area contributed by atoms with Crippen LogP contribution in [0.5, 0.6) is 0 Å². The van der Waals surface area contributed by atoms with Gasteiger partial charge in [0.15, 0.2) is 0 Å². The summed E-state index contributed by atoms with van der Waals surface area (Å²) in [5, 5.41) is 3.60. The van der Waals surface area contributed by atoms with E-state index in [1.807, 2.05) is 91.0 Å². The number of aromatic nitrogens is 1. The Morgan fingerprint density at radius 2 is 1.47 bits per heavy atom. The molecule has 0 aliphatic heterocycles. The van der Waals surface area contributed by atoms with Crippen LogP contribution in [0.25, 0.3) is 0 Å². The van der Waals surface area contributed by atoms with Crippen LogP contribution in [0.2, 0.25) is 5.02 Å². The summed E-state index contributed by atoms with van der Waals surface area (Å²) in [6, 6.07) is 31.4. The lowest BCUT2D eigenvalue weighted by molar-refractivity contribution is -0.141. The number of amides is 2. The third-order valence-electron chi connectivity index (χ3n) is 5.90. The van der Waals surface area contributed by atoms with Crippen LogP contribution in [0, 0.1) is 0 Å². The second-order valence-electron chi connectivity index (χ2n) is 8.49. The Balaban J connectivity index is 1.62. The molecular formula is C30H28ClN3O2. The van der Waals surface area contributed by atoms with Crippen LogP contribution in [0.1, 0.15) is 34.8 Å². The van der Waals surface area contributed by atoms with Crippen molar-refractivity contribution in [3.63, 3.8) is 0 Å². The Bertz CT molecular complexity index is 1250. The number of nitrogens with zero attached hydrogens (tertiary/aromatic N) is 2. The van der Waals surface area contributed by atoms with Gasteiger partial charge in [-0.2, -0.15) is 0 Å². The Hall–Kier alpha value is -3.96. The zero-order chi connectivity index (χ0) is 25.2. The van der Waals surface area contributed by atoms with Gasteiger partial charge in [-0.15, -0.1) is 0 Å². The van der Waals surface area contributed by atoms with Crippen LogP contribution in [-0.4, -0.2) is 21.7 Å². The molecule has 1 atom stereocenters. The first-order chi connectivity index (χ1) is 17.6. The van der Waals surface area contributed by atoms with Gasteiger partial charge in [-0.1, -0.05) is 90.5 Å². The van der Waals surface area contributed by atoms with E-state index in [1.165, 1.54) is 0 Å². The van der Waals surface area contributed by atoms with Crippen molar-refractivity contribution in [3.8, 4) is 0 Å². The van der Waals surface area contributed by atoms with Gasteiger partial charge in [0.25, 0.3) is 0 Å². The zero-order valence-electron chi connectivity index (χ0n) is 19.9. The molecule has 0 bridgehead atoms. The van der Waals surface area contributed by atoms with Crippen LogP contribution in [0.15, 0.2) is 109 Å². The number of nitrogens with one attached hydrogen (secondary N) is 1. The average Bonchev–Trinajstić information content (AvgIpc) is 2.93. The van der Waals surface area contributed by atoms with Crippen LogP contribution < -0.4 is 5.32 Å². The van der Waals surface area contributed by atoms with Gasteiger partial charge < -0.3 is 10.2 Å². The van der Waals surface area contributed by atoms with E-state index in [9.17, 15) is 9.59 Å². The maximum atomic E-state index is 13.7. The first kappa shape index (κ1) is 25.1. The molecule has 0 saturated carbocycles. The van der Waals surface area contributed by atoms with Crippen LogP contribution in [0.3, 0.4) is 0 Å². The largest absolute Gasteiger partial charge is 0.348 e. The van der Waals surface area contributed by atoms with E-state index in [0.717, 1.165) is 22.4 Å². The Kier molecular flexibility index (Phi) is 8.84. The molecule has 2 amide bonds. The Morgan fingerprint density at radius 3 is 2.14 bits per heavy atom. The summed E-state index contributed by atoms with van der Waals surface area (Å²) in [6.07, 6.45) is 2.57. The molecule has 36 heavy (non-hydrogen) atoms. The van der Waals surface area contributed by atoms with Crippen molar-refractivity contribution in [2.45, 2.75) is 32.0 Å². The van der Waals surface area contributed by atoms with E-state index in [-0.39, 0.29) is 31.3 Å². The highest BCUT2D eigenvalue weighted by molar-refractivity contribution is 6.30. The molecule has 5 nitrogen and oxygen atoms in total. The van der Waals surface area contributed by atoms with E-state index in [4.69, 9.17) is 11.6 Å². The highest BCUT2D eigenvalue weighted by atomic mass is 35.5. The van der Waals surface area contributed by atoms with Crippen molar-refractivity contribution in [2.75, 3.05) is 0 Å². The molecule has 0 spiro atoms. The van der Waals surface area contributed by atoms with Gasteiger partial charge in [0.1, 0.15) is 6.04 Å². The minimum absolute atomic E-state index is 0.101. The van der Waals surface area contributed by atoms with Gasteiger partial charge in [0.2, 0.25) is 11.8 Å². The van der Waals surface area contributed by atoms with Crippen LogP contribution in [0.4, 0.5) is 0 Å². The lowest BCUT2D eigenvalue weighted by atomic mass is 10.0. The molecule has 0 unspecified atom stereocenters. The number of aryl methyl sites for hydroxylation is 1. The van der Waals surface area contributed by atoms with Crippen LogP contribution >= 0.6 is 11.6 Å². The molecular weight excluding hydrogens is 470 g/mol. The fourth-order valence-corrected chi connectivity index (χ4v) is 4.16. The normalized spacial score (nSPS) is 11.5. The predicted octanol–water partition coefficient (Wildman–Crippen LogP) is 5.75. The predicted molar refractivity (Wildman–Crippen MR) is 142 cm³/mol. The van der Waals surface area contributed by atoms with Gasteiger partial charge in [0.05, 0.1) is 12.2 Å². The van der Waals surface area contributed by atoms with Crippen molar-refractivity contribution in [3.05, 3.63) is 137 Å². The van der Waals surface area contributed by atoms with E-state index < -0.39 is 6.04 Å². The molecule has 1 aromatic heterocycles. The maximum absolute atomic E-state index is 13.7. The molecule has 1 N–H and O–H groups in total. The second kappa shape index (κ2) is 12.7. The number of halogens is 1. The summed E-state index contributed by atoms with van der Waals surface area (Å²) in [6.45, 7) is 0.553. The van der Waals surface area contributed by atoms with Gasteiger partial charge in [0, 0.05) is 24.2 Å². The van der Waals surface area contributed by atoms with Gasteiger partial charge >= 0.3 is 0 Å². The summed E-state index contributed by atoms with van der Waals surface area (Å²) in [4.78, 5) is 33.3. The quantitative estimate of drug-likeness (QED) is 0.303. The molecule has 0 aliphatic rings. The zero-order valence-corrected chi connectivity index (χ0v) is 20.6. The third kappa shape index (κ3) is 7.03. The van der Waals surface area contributed by atoms with Crippen molar-refractivity contribution in [1.29, 1.82) is 0 Å². The molecule has 0 aliphatic carbocycles. The highest BCUT2D eigenvalue weighted by Gasteiger charge is 2.31. The molecule has 3 aromatic carbocycles. The highest BCUT2D eigenvalue weighted by Crippen LogP contribution is 2.26. The van der Waals surface area contributed by atoms with Crippen LogP contribution in [-0.2, 0) is 29.1 Å². The molecule has 4 rings (SSSR count). The molecule has 6 heteroatoms. The molecule has 1 heterocycles. The average molecular weight is 498 g/mol. The number of hydrogen-bond donors (Lipinski definition) is 1. The molecule has 182 valence electrons. The van der Waals surface area contributed by atoms with Gasteiger partial charge in [-0.05, 0) is 47.4 Å². The fourth-order valence-electron chi connectivity index (χ4n) is 4.03. The van der Waals surface area contributed by atoms with Crippen molar-refractivity contribution < 1.29 is 9.59 Å². The summed E-state index contributed by atoms with van der Waals surface area (Å²) in [5.74, 6) is -0.357. The van der Waals surface area contributed by atoms with Crippen molar-refractivity contribution in [2.24, 2.45) is 0 Å². The monoisotopic (exact) mass is 497 g/mol. The minimum atomic E-state index is -0.797. The first-order valence-electron chi connectivity index (χ1n) is 11.9. The standard InChI is InChI=1S/C30H28ClN3O2/c31-26-17-14-24(15-18-26)22-34(28(35)19-16-23-9-3-1-4-10-23)29(25-11-5-2-6-12-25)30(36)33-21-27-13-7-8-20-32-27/h1-15,17-18,20,29H,16,19,21-22H2,(H,33,36)/t29-/m0/s1. The second-order valence-corrected chi connectivity index (χ2v) is 8.92. The smallest absolute Gasteiger partial charge is 0.247 e. The van der Waals surface area contributed by atoms with Crippen molar-refractivity contribution >= 4 is 23.4 Å². The lowest BCUT2D eigenvalue weighted by Crippen LogP contribution is -2.43. The summed E-state index contributed by atoms with van der Waals surface area (Å²) < 4.78 is 0. The SMILES string of the molecule is O=C(NCc1ccccn1)[C@H](c1ccccc1)N(Cc1ccc(Cl)cc1)C(=O)CCc1ccccc1. The van der Waals surface area contributed by atoms with Gasteiger partial charge in [-0.25, -0.2) is 0 Å². The minimum Gasteiger partial charge on any atom is -0.348 e. The third-order valence-corrected chi connectivity index (χ3v) is 6.15. The summed E-state index contributed by atoms with van der Waals surface area (Å²) in [5.41, 5.74) is 3.47. The number of pyridine rings is 1. The molecule has 0 fully saturated rings. The van der Waals surface area contributed by atoms with E-state index in [0.29, 0.717) is 11.4 Å². The maximum Gasteiger partial charge on any atom is 0.247 e. The van der Waals surface area contributed by atoms with Crippen molar-refractivity contribution in [1.82, 2.24) is 15.2 Å². The number of hydrogen-bond acceptors (Lipinski definition) is 3. The van der Waals surface area contributed by atoms with Gasteiger partial charge in [-0.3, -0.25) is 14.6 Å². The van der Waals surface area contributed by atoms with E-state index >= 15 is 0 Å².